The van der Waals surface area contributed by atoms with Crippen LogP contribution in [0.3, 0.4) is 0 Å². The summed E-state index contributed by atoms with van der Waals surface area (Å²) < 4.78 is 31.9. The second-order valence-corrected chi connectivity index (χ2v) is 8.34. The van der Waals surface area contributed by atoms with Crippen LogP contribution >= 0.6 is 11.8 Å². The number of halogens is 2. The van der Waals surface area contributed by atoms with E-state index in [0.717, 1.165) is 55.6 Å². The Labute approximate surface area is 194 Å². The lowest BCUT2D eigenvalue weighted by atomic mass is 10.2. The molecule has 1 N–H and O–H groups in total. The minimum absolute atomic E-state index is 0.0402. The topological polar surface area (TPSA) is 70.6 Å². The number of ether oxygens (including phenoxy) is 1. The van der Waals surface area contributed by atoms with E-state index in [2.05, 4.69) is 37.2 Å². The van der Waals surface area contributed by atoms with Crippen molar-refractivity contribution in [2.24, 2.45) is 0 Å². The molecular formula is C23H23F2N5O2S. The van der Waals surface area contributed by atoms with Gasteiger partial charge in [0.05, 0.1) is 18.6 Å². The molecule has 2 heterocycles. The van der Waals surface area contributed by atoms with Gasteiger partial charge in [-0.1, -0.05) is 11.8 Å². The van der Waals surface area contributed by atoms with Crippen LogP contribution in [-0.4, -0.2) is 54.9 Å². The van der Waals surface area contributed by atoms with Crippen molar-refractivity contribution in [3.8, 4) is 5.75 Å². The number of nitrogens with zero attached hydrogens (tertiary/aromatic N) is 4. The first-order chi connectivity index (χ1) is 16.0. The predicted octanol–water partition coefficient (Wildman–Crippen LogP) is 3.82. The number of nitrogens with one attached hydrogen (secondary N) is 1. The molecule has 0 atom stereocenters. The highest BCUT2D eigenvalue weighted by Gasteiger charge is 2.19. The van der Waals surface area contributed by atoms with Gasteiger partial charge in [0.2, 0.25) is 5.91 Å². The van der Waals surface area contributed by atoms with Crippen molar-refractivity contribution in [2.75, 3.05) is 54.2 Å². The Hall–Kier alpha value is -3.40. The molecule has 1 aromatic heterocycles. The minimum atomic E-state index is -0.813. The van der Waals surface area contributed by atoms with Crippen LogP contribution in [0.4, 0.5) is 26.0 Å². The number of carbonyl (C=O) groups is 1. The zero-order valence-corrected chi connectivity index (χ0v) is 18.8. The third kappa shape index (κ3) is 5.89. The van der Waals surface area contributed by atoms with Crippen LogP contribution in [0.25, 0.3) is 0 Å². The summed E-state index contributed by atoms with van der Waals surface area (Å²) in [4.78, 5) is 25.3. The van der Waals surface area contributed by atoms with Crippen LogP contribution in [0, 0.1) is 11.6 Å². The second kappa shape index (κ2) is 10.5. The maximum Gasteiger partial charge on any atom is 0.234 e. The molecule has 0 aliphatic carbocycles. The third-order valence-corrected chi connectivity index (χ3v) is 6.15. The number of anilines is 3. The first kappa shape index (κ1) is 22.8. The van der Waals surface area contributed by atoms with E-state index in [0.29, 0.717) is 5.03 Å². The Morgan fingerprint density at radius 2 is 1.76 bits per heavy atom. The van der Waals surface area contributed by atoms with Gasteiger partial charge in [-0.2, -0.15) is 0 Å². The Morgan fingerprint density at radius 1 is 1.03 bits per heavy atom. The van der Waals surface area contributed by atoms with E-state index in [1.807, 2.05) is 18.2 Å². The first-order valence-corrected chi connectivity index (χ1v) is 11.3. The number of thioether (sulfide) groups is 1. The van der Waals surface area contributed by atoms with Gasteiger partial charge in [-0.05, 0) is 36.4 Å². The Bertz CT molecular complexity index is 1110. The molecule has 3 aromatic rings. The molecule has 10 heteroatoms. The number of hydrogen-bond acceptors (Lipinski definition) is 7. The molecule has 0 spiro atoms. The van der Waals surface area contributed by atoms with Crippen molar-refractivity contribution < 1.29 is 18.3 Å². The fourth-order valence-electron chi connectivity index (χ4n) is 3.49. The van der Waals surface area contributed by atoms with Gasteiger partial charge in [0.15, 0.2) is 0 Å². The zero-order chi connectivity index (χ0) is 23.2. The number of benzene rings is 2. The van der Waals surface area contributed by atoms with Crippen molar-refractivity contribution in [3.05, 3.63) is 66.5 Å². The highest BCUT2D eigenvalue weighted by Crippen LogP contribution is 2.24. The van der Waals surface area contributed by atoms with Gasteiger partial charge in [-0.15, -0.1) is 0 Å². The van der Waals surface area contributed by atoms with Crippen LogP contribution in [0.15, 0.2) is 59.9 Å². The molecule has 172 valence electrons. The second-order valence-electron chi connectivity index (χ2n) is 7.35. The maximum atomic E-state index is 13.7. The summed E-state index contributed by atoms with van der Waals surface area (Å²) in [6.45, 7) is 3.31. The van der Waals surface area contributed by atoms with E-state index in [4.69, 9.17) is 4.74 Å². The molecular weight excluding hydrogens is 448 g/mol. The number of amides is 1. The average Bonchev–Trinajstić information content (AvgIpc) is 2.85. The fraction of sp³-hybridized carbons (Fsp3) is 0.261. The summed E-state index contributed by atoms with van der Waals surface area (Å²) >= 11 is 1.23. The number of methoxy groups -OCH3 is 1. The smallest absolute Gasteiger partial charge is 0.234 e. The molecule has 33 heavy (non-hydrogen) atoms. The maximum absolute atomic E-state index is 13.7. The highest BCUT2D eigenvalue weighted by atomic mass is 32.2. The standard InChI is InChI=1S/C23H23F2N5O2S/c1-32-18-5-3-17(4-6-18)29-8-10-30(11-9-29)21-13-23(27-15-26-21)33-14-22(31)28-20-7-2-16(24)12-19(20)25/h2-7,12-13,15H,8-11,14H2,1H3,(H,28,31). The molecule has 1 aliphatic rings. The average molecular weight is 472 g/mol. The molecule has 0 radical (unpaired) electrons. The SMILES string of the molecule is COc1ccc(N2CCN(c3cc(SCC(=O)Nc4ccc(F)cc4F)ncn3)CC2)cc1. The first-order valence-electron chi connectivity index (χ1n) is 10.4. The lowest BCUT2D eigenvalue weighted by molar-refractivity contribution is -0.113. The molecule has 1 amide bonds. The van der Waals surface area contributed by atoms with Crippen LogP contribution in [-0.2, 0) is 4.79 Å². The molecule has 7 nitrogen and oxygen atoms in total. The number of piperazine rings is 1. The van der Waals surface area contributed by atoms with E-state index in [-0.39, 0.29) is 11.4 Å². The molecule has 1 fully saturated rings. The predicted molar refractivity (Wildman–Crippen MR) is 125 cm³/mol. The van der Waals surface area contributed by atoms with Crippen LogP contribution in [0.5, 0.6) is 5.75 Å². The van der Waals surface area contributed by atoms with E-state index >= 15 is 0 Å². The monoisotopic (exact) mass is 471 g/mol. The summed E-state index contributed by atoms with van der Waals surface area (Å²) in [6.07, 6.45) is 1.48. The van der Waals surface area contributed by atoms with E-state index in [1.54, 1.807) is 7.11 Å². The van der Waals surface area contributed by atoms with Gasteiger partial charge in [0.25, 0.3) is 0 Å². The highest BCUT2D eigenvalue weighted by molar-refractivity contribution is 7.99. The third-order valence-electron chi connectivity index (χ3n) is 5.23. The molecule has 1 aliphatic heterocycles. The number of aromatic nitrogens is 2. The van der Waals surface area contributed by atoms with Gasteiger partial charge in [-0.25, -0.2) is 18.7 Å². The van der Waals surface area contributed by atoms with Crippen molar-refractivity contribution in [2.45, 2.75) is 5.03 Å². The zero-order valence-electron chi connectivity index (χ0n) is 18.0. The van der Waals surface area contributed by atoms with Crippen molar-refractivity contribution in [3.63, 3.8) is 0 Å². The minimum Gasteiger partial charge on any atom is -0.497 e. The fourth-order valence-corrected chi connectivity index (χ4v) is 4.15. The normalized spacial score (nSPS) is 13.7. The Kier molecular flexibility index (Phi) is 7.23. The Morgan fingerprint density at radius 3 is 2.45 bits per heavy atom. The van der Waals surface area contributed by atoms with Gasteiger partial charge in [0.1, 0.15) is 34.6 Å². The summed E-state index contributed by atoms with van der Waals surface area (Å²) in [5.74, 6) is -0.242. The number of carbonyl (C=O) groups excluding carboxylic acids is 1. The molecule has 0 unspecified atom stereocenters. The molecule has 2 aromatic carbocycles. The van der Waals surface area contributed by atoms with Gasteiger partial charge < -0.3 is 19.9 Å². The lowest BCUT2D eigenvalue weighted by Gasteiger charge is -2.36. The van der Waals surface area contributed by atoms with Crippen LogP contribution < -0.4 is 19.9 Å². The van der Waals surface area contributed by atoms with Crippen molar-refractivity contribution in [1.29, 1.82) is 0 Å². The Balaban J connectivity index is 1.30. The van der Waals surface area contributed by atoms with Crippen molar-refractivity contribution in [1.82, 2.24) is 9.97 Å². The molecule has 4 rings (SSSR count). The van der Waals surface area contributed by atoms with E-state index in [9.17, 15) is 13.6 Å². The van der Waals surface area contributed by atoms with Gasteiger partial charge in [0, 0.05) is 44.0 Å². The van der Waals surface area contributed by atoms with Crippen LogP contribution in [0.2, 0.25) is 0 Å². The summed E-state index contributed by atoms with van der Waals surface area (Å²) in [5.41, 5.74) is 1.10. The van der Waals surface area contributed by atoms with Gasteiger partial charge >= 0.3 is 0 Å². The number of rotatable bonds is 7. The summed E-state index contributed by atoms with van der Waals surface area (Å²) in [6, 6.07) is 12.9. The molecule has 0 bridgehead atoms. The molecule has 0 saturated carbocycles. The van der Waals surface area contributed by atoms with Crippen molar-refractivity contribution >= 4 is 34.9 Å². The lowest BCUT2D eigenvalue weighted by Crippen LogP contribution is -2.46. The summed E-state index contributed by atoms with van der Waals surface area (Å²) in [7, 11) is 1.65. The molecule has 1 saturated heterocycles. The summed E-state index contributed by atoms with van der Waals surface area (Å²) in [5, 5.41) is 3.09. The van der Waals surface area contributed by atoms with E-state index in [1.165, 1.54) is 24.2 Å². The quantitative estimate of drug-likeness (QED) is 0.415. The largest absolute Gasteiger partial charge is 0.497 e. The van der Waals surface area contributed by atoms with Gasteiger partial charge in [-0.3, -0.25) is 4.79 Å². The number of hydrogen-bond donors (Lipinski definition) is 1. The van der Waals surface area contributed by atoms with Crippen LogP contribution in [0.1, 0.15) is 0 Å². The van der Waals surface area contributed by atoms with E-state index < -0.39 is 17.5 Å².